The second-order valence-electron chi connectivity index (χ2n) is 4.62. The van der Waals surface area contributed by atoms with Crippen LogP contribution in [0, 0.1) is 6.92 Å². The number of benzene rings is 1. The van der Waals surface area contributed by atoms with Crippen LogP contribution < -0.4 is 5.73 Å². The monoisotopic (exact) mass is 220 g/mol. The highest BCUT2D eigenvalue weighted by Gasteiger charge is 2.05. The summed E-state index contributed by atoms with van der Waals surface area (Å²) in [6, 6.07) is 8.91. The van der Waals surface area contributed by atoms with E-state index in [4.69, 9.17) is 5.73 Å². The van der Waals surface area contributed by atoms with Crippen LogP contribution in [-0.4, -0.2) is 24.5 Å². The SMILES string of the molecule is CCC(N)CCN(C)Cc1ccccc1C. The molecule has 1 atom stereocenters. The number of nitrogens with zero attached hydrogens (tertiary/aromatic N) is 1. The third-order valence-corrected chi connectivity index (χ3v) is 3.11. The molecule has 1 unspecified atom stereocenters. The van der Waals surface area contributed by atoms with E-state index in [-0.39, 0.29) is 0 Å². The van der Waals surface area contributed by atoms with Crippen LogP contribution in [0.4, 0.5) is 0 Å². The fourth-order valence-corrected chi connectivity index (χ4v) is 1.75. The molecule has 2 N–H and O–H groups in total. The smallest absolute Gasteiger partial charge is 0.0233 e. The highest BCUT2D eigenvalue weighted by Crippen LogP contribution is 2.09. The summed E-state index contributed by atoms with van der Waals surface area (Å²) in [5.74, 6) is 0. The molecule has 0 saturated carbocycles. The Morgan fingerprint density at radius 3 is 2.62 bits per heavy atom. The molecular formula is C14H24N2. The summed E-state index contributed by atoms with van der Waals surface area (Å²) in [5, 5.41) is 0. The Kier molecular flexibility index (Phi) is 5.50. The quantitative estimate of drug-likeness (QED) is 0.798. The molecule has 0 saturated heterocycles. The summed E-state index contributed by atoms with van der Waals surface area (Å²) in [5.41, 5.74) is 8.70. The zero-order valence-electron chi connectivity index (χ0n) is 10.7. The van der Waals surface area contributed by atoms with Gasteiger partial charge in [-0.2, -0.15) is 0 Å². The summed E-state index contributed by atoms with van der Waals surface area (Å²) < 4.78 is 0. The molecule has 0 aliphatic rings. The fraction of sp³-hybridized carbons (Fsp3) is 0.571. The standard InChI is InChI=1S/C14H24N2/c1-4-14(15)9-10-16(3)11-13-8-6-5-7-12(13)2/h5-8,14H,4,9-11,15H2,1-3H3. The Hall–Kier alpha value is -0.860. The largest absolute Gasteiger partial charge is 0.328 e. The van der Waals surface area contributed by atoms with E-state index in [9.17, 15) is 0 Å². The zero-order valence-corrected chi connectivity index (χ0v) is 10.7. The van der Waals surface area contributed by atoms with Crippen molar-refractivity contribution < 1.29 is 0 Å². The van der Waals surface area contributed by atoms with Crippen molar-refractivity contribution in [2.24, 2.45) is 5.73 Å². The first-order valence-corrected chi connectivity index (χ1v) is 6.12. The molecule has 1 aromatic rings. The van der Waals surface area contributed by atoms with Crippen molar-refractivity contribution in [1.82, 2.24) is 4.90 Å². The lowest BCUT2D eigenvalue weighted by atomic mass is 10.1. The van der Waals surface area contributed by atoms with E-state index in [0.717, 1.165) is 25.9 Å². The first-order chi connectivity index (χ1) is 7.63. The van der Waals surface area contributed by atoms with Crippen molar-refractivity contribution in [2.75, 3.05) is 13.6 Å². The summed E-state index contributed by atoms with van der Waals surface area (Å²) in [6.07, 6.45) is 2.15. The molecule has 0 aromatic heterocycles. The molecule has 0 bridgehead atoms. The van der Waals surface area contributed by atoms with E-state index in [1.807, 2.05) is 0 Å². The van der Waals surface area contributed by atoms with Crippen molar-refractivity contribution in [1.29, 1.82) is 0 Å². The Morgan fingerprint density at radius 2 is 2.00 bits per heavy atom. The lowest BCUT2D eigenvalue weighted by molar-refractivity contribution is 0.308. The van der Waals surface area contributed by atoms with Crippen LogP contribution in [0.25, 0.3) is 0 Å². The van der Waals surface area contributed by atoms with Gasteiger partial charge in [-0.25, -0.2) is 0 Å². The van der Waals surface area contributed by atoms with Gasteiger partial charge < -0.3 is 10.6 Å². The second-order valence-corrected chi connectivity index (χ2v) is 4.62. The molecule has 1 rings (SSSR count). The van der Waals surface area contributed by atoms with E-state index >= 15 is 0 Å². The normalized spacial score (nSPS) is 13.1. The van der Waals surface area contributed by atoms with Gasteiger partial charge in [0, 0.05) is 12.6 Å². The van der Waals surface area contributed by atoms with Crippen molar-refractivity contribution in [3.05, 3.63) is 35.4 Å². The maximum absolute atomic E-state index is 5.92. The molecule has 90 valence electrons. The average molecular weight is 220 g/mol. The van der Waals surface area contributed by atoms with E-state index in [1.165, 1.54) is 11.1 Å². The van der Waals surface area contributed by atoms with E-state index < -0.39 is 0 Å². The third kappa shape index (κ3) is 4.33. The van der Waals surface area contributed by atoms with Gasteiger partial charge in [-0.3, -0.25) is 0 Å². The third-order valence-electron chi connectivity index (χ3n) is 3.11. The second kappa shape index (κ2) is 6.66. The Balaban J connectivity index is 2.40. The first-order valence-electron chi connectivity index (χ1n) is 6.12. The lowest BCUT2D eigenvalue weighted by Gasteiger charge is -2.19. The van der Waals surface area contributed by atoms with Crippen LogP contribution >= 0.6 is 0 Å². The summed E-state index contributed by atoms with van der Waals surface area (Å²) in [6.45, 7) is 6.40. The molecule has 0 aliphatic heterocycles. The number of rotatable bonds is 6. The highest BCUT2D eigenvalue weighted by molar-refractivity contribution is 5.25. The van der Waals surface area contributed by atoms with Gasteiger partial charge in [0.1, 0.15) is 0 Å². The van der Waals surface area contributed by atoms with Crippen LogP contribution in [0.15, 0.2) is 24.3 Å². The van der Waals surface area contributed by atoms with Gasteiger partial charge in [0.15, 0.2) is 0 Å². The molecule has 2 nitrogen and oxygen atoms in total. The predicted octanol–water partition coefficient (Wildman–Crippen LogP) is 2.55. The topological polar surface area (TPSA) is 29.3 Å². The minimum atomic E-state index is 0.347. The molecule has 16 heavy (non-hydrogen) atoms. The van der Waals surface area contributed by atoms with Crippen molar-refractivity contribution >= 4 is 0 Å². The number of aryl methyl sites for hydroxylation is 1. The van der Waals surface area contributed by atoms with Gasteiger partial charge in [0.2, 0.25) is 0 Å². The molecule has 0 amide bonds. The molecule has 0 aliphatic carbocycles. The van der Waals surface area contributed by atoms with E-state index in [0.29, 0.717) is 6.04 Å². The summed E-state index contributed by atoms with van der Waals surface area (Å²) in [7, 11) is 2.16. The fourth-order valence-electron chi connectivity index (χ4n) is 1.75. The van der Waals surface area contributed by atoms with Crippen molar-refractivity contribution in [3.8, 4) is 0 Å². The molecule has 0 heterocycles. The van der Waals surface area contributed by atoms with Crippen LogP contribution in [0.5, 0.6) is 0 Å². The lowest BCUT2D eigenvalue weighted by Crippen LogP contribution is -2.27. The van der Waals surface area contributed by atoms with Crippen molar-refractivity contribution in [2.45, 2.75) is 39.3 Å². The average Bonchev–Trinajstić information content (AvgIpc) is 2.29. The van der Waals surface area contributed by atoms with Gasteiger partial charge in [-0.05, 0) is 44.5 Å². The first kappa shape index (κ1) is 13.2. The maximum Gasteiger partial charge on any atom is 0.0233 e. The van der Waals surface area contributed by atoms with Crippen LogP contribution in [0.1, 0.15) is 30.9 Å². The van der Waals surface area contributed by atoms with E-state index in [2.05, 4.69) is 50.1 Å². The van der Waals surface area contributed by atoms with Gasteiger partial charge in [0.05, 0.1) is 0 Å². The van der Waals surface area contributed by atoms with Crippen LogP contribution in [0.3, 0.4) is 0 Å². The Labute approximate surface area is 99.5 Å². The van der Waals surface area contributed by atoms with E-state index in [1.54, 1.807) is 0 Å². The number of hydrogen-bond acceptors (Lipinski definition) is 2. The molecule has 2 heteroatoms. The molecule has 1 aromatic carbocycles. The molecule has 0 radical (unpaired) electrons. The number of nitrogens with two attached hydrogens (primary N) is 1. The predicted molar refractivity (Wildman–Crippen MR) is 70.4 cm³/mol. The minimum Gasteiger partial charge on any atom is -0.328 e. The maximum atomic E-state index is 5.92. The zero-order chi connectivity index (χ0) is 12.0. The summed E-state index contributed by atoms with van der Waals surface area (Å²) >= 11 is 0. The Bertz CT molecular complexity index is 309. The van der Waals surface area contributed by atoms with Crippen LogP contribution in [0.2, 0.25) is 0 Å². The van der Waals surface area contributed by atoms with Gasteiger partial charge in [-0.15, -0.1) is 0 Å². The highest BCUT2D eigenvalue weighted by atomic mass is 15.1. The molecular weight excluding hydrogens is 196 g/mol. The molecule has 0 spiro atoms. The van der Waals surface area contributed by atoms with Gasteiger partial charge in [-0.1, -0.05) is 31.2 Å². The van der Waals surface area contributed by atoms with Gasteiger partial charge >= 0.3 is 0 Å². The minimum absolute atomic E-state index is 0.347. The number of hydrogen-bond donors (Lipinski definition) is 1. The molecule has 0 fully saturated rings. The summed E-state index contributed by atoms with van der Waals surface area (Å²) in [4.78, 5) is 2.35. The van der Waals surface area contributed by atoms with Crippen LogP contribution in [-0.2, 0) is 6.54 Å². The van der Waals surface area contributed by atoms with Gasteiger partial charge in [0.25, 0.3) is 0 Å². The van der Waals surface area contributed by atoms with Crippen molar-refractivity contribution in [3.63, 3.8) is 0 Å². The Morgan fingerprint density at radius 1 is 1.31 bits per heavy atom.